The second kappa shape index (κ2) is 7.89. The molecule has 0 saturated heterocycles. The number of benzene rings is 6. The van der Waals surface area contributed by atoms with E-state index in [-0.39, 0.29) is 27.1 Å². The predicted molar refractivity (Wildman–Crippen MR) is 140 cm³/mol. The van der Waals surface area contributed by atoms with Crippen molar-refractivity contribution in [1.29, 1.82) is 0 Å². The summed E-state index contributed by atoms with van der Waals surface area (Å²) in [5, 5.41) is 22.1. The van der Waals surface area contributed by atoms with E-state index >= 15 is 0 Å². The quantitative estimate of drug-likeness (QED) is 0.260. The Morgan fingerprint density at radius 1 is 0.545 bits per heavy atom. The van der Waals surface area contributed by atoms with Crippen LogP contribution in [0.1, 0.15) is 11.0 Å². The fourth-order valence-corrected chi connectivity index (χ4v) is 4.41. The summed E-state index contributed by atoms with van der Waals surface area (Å²) in [5.74, 6) is 0. The molecule has 6 aromatic carbocycles. The average molecular weight is 432 g/mol. The number of hydrogen-bond acceptors (Lipinski definition) is 2. The topological polar surface area (TPSA) is 40.5 Å². The molecule has 0 amide bonds. The van der Waals surface area contributed by atoms with Crippen LogP contribution in [0.4, 0.5) is 0 Å². The van der Waals surface area contributed by atoms with Crippen LogP contribution in [0.25, 0.3) is 54.6 Å². The van der Waals surface area contributed by atoms with Crippen LogP contribution in [-0.4, -0.2) is 17.2 Å². The third kappa shape index (κ3) is 3.30. The summed E-state index contributed by atoms with van der Waals surface area (Å²) in [5.41, 5.74) is 2.26. The summed E-state index contributed by atoms with van der Waals surface area (Å²) < 4.78 is 68.1. The van der Waals surface area contributed by atoms with Gasteiger partial charge in [-0.25, -0.2) is 0 Å². The minimum absolute atomic E-state index is 0.0584. The first kappa shape index (κ1) is 13.0. The lowest BCUT2D eigenvalue weighted by Gasteiger charge is -2.17. The summed E-state index contributed by atoms with van der Waals surface area (Å²) in [6.07, 6.45) is 0. The molecule has 0 aliphatic carbocycles. The molecule has 2 nitrogen and oxygen atoms in total. The van der Waals surface area contributed by atoms with E-state index < -0.39 is 60.9 Å². The lowest BCUT2D eigenvalue weighted by Crippen LogP contribution is -2.31. The van der Waals surface area contributed by atoms with Crippen molar-refractivity contribution in [3.05, 3.63) is 115 Å². The highest BCUT2D eigenvalue weighted by Crippen LogP contribution is 2.37. The minimum Gasteiger partial charge on any atom is -0.423 e. The summed E-state index contributed by atoms with van der Waals surface area (Å²) in [6.45, 7) is 0. The highest BCUT2D eigenvalue weighted by molar-refractivity contribution is 6.66. The van der Waals surface area contributed by atoms with Crippen molar-refractivity contribution in [1.82, 2.24) is 0 Å². The fourth-order valence-electron chi connectivity index (χ4n) is 4.41. The molecular weight excluding hydrogens is 403 g/mol. The van der Waals surface area contributed by atoms with Crippen LogP contribution in [0.2, 0.25) is 0 Å². The molecule has 2 N–H and O–H groups in total. The number of fused-ring (bicyclic) bond motifs is 3. The van der Waals surface area contributed by atoms with E-state index in [0.29, 0.717) is 5.56 Å². The fraction of sp³-hybridized carbons (Fsp3) is 0. The van der Waals surface area contributed by atoms with E-state index in [0.717, 1.165) is 21.9 Å². The van der Waals surface area contributed by atoms with Crippen LogP contribution in [0.5, 0.6) is 0 Å². The van der Waals surface area contributed by atoms with E-state index in [4.69, 9.17) is 11.0 Å². The molecule has 33 heavy (non-hydrogen) atoms. The molecule has 0 atom stereocenters. The zero-order valence-electron chi connectivity index (χ0n) is 25.3. The van der Waals surface area contributed by atoms with Gasteiger partial charge in [-0.3, -0.25) is 0 Å². The van der Waals surface area contributed by atoms with Crippen LogP contribution >= 0.6 is 0 Å². The molecule has 0 fully saturated rings. The lowest BCUT2D eigenvalue weighted by atomic mass is 9.72. The highest BCUT2D eigenvalue weighted by Gasteiger charge is 2.22. The van der Waals surface area contributed by atoms with Gasteiger partial charge in [0.05, 0.1) is 11.0 Å². The molecule has 0 aliphatic heterocycles. The molecule has 0 saturated carbocycles. The molecule has 0 heterocycles. The molecule has 0 unspecified atom stereocenters. The number of hydrogen-bond donors (Lipinski definition) is 2. The van der Waals surface area contributed by atoms with E-state index in [1.807, 2.05) is 54.6 Å². The summed E-state index contributed by atoms with van der Waals surface area (Å²) >= 11 is 0. The van der Waals surface area contributed by atoms with Crippen LogP contribution in [0.15, 0.2) is 115 Å². The molecule has 0 aliphatic rings. The molecule has 0 bridgehead atoms. The summed E-state index contributed by atoms with van der Waals surface area (Å²) in [6, 6.07) is 16.9. The smallest absolute Gasteiger partial charge is 0.423 e. The zero-order valence-corrected chi connectivity index (χ0v) is 17.3. The molecule has 3 heteroatoms. The second-order valence-electron chi connectivity index (χ2n) is 7.81. The van der Waals surface area contributed by atoms with Gasteiger partial charge in [-0.05, 0) is 72.2 Å². The zero-order chi connectivity index (χ0) is 29.3. The maximum Gasteiger partial charge on any atom is 0.489 e. The Morgan fingerprint density at radius 3 is 1.64 bits per heavy atom. The monoisotopic (exact) mass is 432 g/mol. The maximum absolute atomic E-state index is 10.4. The van der Waals surface area contributed by atoms with E-state index in [1.54, 1.807) is 12.1 Å². The highest BCUT2D eigenvalue weighted by atomic mass is 16.4. The van der Waals surface area contributed by atoms with Gasteiger partial charge < -0.3 is 10.0 Å². The van der Waals surface area contributed by atoms with Gasteiger partial charge in [0.1, 0.15) is 0 Å². The van der Waals surface area contributed by atoms with Crippen molar-refractivity contribution >= 4 is 44.9 Å². The first-order valence-corrected chi connectivity index (χ1v) is 10.4. The van der Waals surface area contributed by atoms with Crippen LogP contribution in [-0.2, 0) is 0 Å². The molecular formula is C30H21BO2. The van der Waals surface area contributed by atoms with Crippen LogP contribution < -0.4 is 5.46 Å². The van der Waals surface area contributed by atoms with Crippen molar-refractivity contribution in [3.63, 3.8) is 0 Å². The molecule has 6 aromatic rings. The Morgan fingerprint density at radius 2 is 1.06 bits per heavy atom. The largest absolute Gasteiger partial charge is 0.489 e. The average Bonchev–Trinajstić information content (AvgIpc) is 2.99. The van der Waals surface area contributed by atoms with E-state index in [1.165, 1.54) is 0 Å². The molecule has 6 rings (SSSR count). The standard InChI is InChI=1S/C30H21BO2/c32-31(33)30-27-12-6-4-10-25(27)29(26-11-5-7-13-28(26)30)24-17-16-22-18-21(14-15-23(22)19-24)20-8-2-1-3-9-20/h1-19,32-33H/i4D,5D,6D,7D,10D,11D,12D,13D. The van der Waals surface area contributed by atoms with Gasteiger partial charge in [-0.2, -0.15) is 0 Å². The second-order valence-corrected chi connectivity index (χ2v) is 7.81. The summed E-state index contributed by atoms with van der Waals surface area (Å²) in [7, 11) is -2.28. The van der Waals surface area contributed by atoms with Gasteiger partial charge in [0, 0.05) is 0 Å². The Labute approximate surface area is 203 Å². The molecule has 0 spiro atoms. The summed E-state index contributed by atoms with van der Waals surface area (Å²) in [4.78, 5) is 0. The number of rotatable bonds is 3. The van der Waals surface area contributed by atoms with Crippen molar-refractivity contribution in [2.75, 3.05) is 0 Å². The molecule has 156 valence electrons. The van der Waals surface area contributed by atoms with Gasteiger partial charge in [-0.15, -0.1) is 0 Å². The van der Waals surface area contributed by atoms with E-state index in [2.05, 4.69) is 0 Å². The first-order chi connectivity index (χ1) is 19.5. The third-order valence-corrected chi connectivity index (χ3v) is 5.91. The van der Waals surface area contributed by atoms with Crippen LogP contribution in [0, 0.1) is 0 Å². The third-order valence-electron chi connectivity index (χ3n) is 5.91. The predicted octanol–water partition coefficient (Wildman–Crippen LogP) is 6.16. The van der Waals surface area contributed by atoms with Crippen molar-refractivity contribution in [2.24, 2.45) is 0 Å². The van der Waals surface area contributed by atoms with Crippen molar-refractivity contribution in [2.45, 2.75) is 0 Å². The van der Waals surface area contributed by atoms with Crippen LogP contribution in [0.3, 0.4) is 0 Å². The Balaban J connectivity index is 1.80. The minimum atomic E-state index is -2.28. The first-order valence-electron chi connectivity index (χ1n) is 14.4. The molecule has 0 aromatic heterocycles. The van der Waals surface area contributed by atoms with E-state index in [9.17, 15) is 10.0 Å². The lowest BCUT2D eigenvalue weighted by molar-refractivity contribution is 0.426. The molecule has 0 radical (unpaired) electrons. The van der Waals surface area contributed by atoms with Crippen molar-refractivity contribution in [3.8, 4) is 22.3 Å². The van der Waals surface area contributed by atoms with Gasteiger partial charge in [0.15, 0.2) is 0 Å². The SMILES string of the molecule is [2H]c1c([2H])c([2H])c2c(-c3ccc4cc(-c5ccccc5)ccc4c3)c3c([2H])c([2H])c([2H])c([2H])c3c(B(O)O)c2c1[2H]. The Kier molecular flexibility index (Phi) is 3.10. The van der Waals surface area contributed by atoms with Crippen molar-refractivity contribution < 1.29 is 21.0 Å². The maximum atomic E-state index is 10.4. The Hall–Kier alpha value is -3.92. The van der Waals surface area contributed by atoms with Gasteiger partial charge in [-0.1, -0.05) is 103 Å². The Bertz CT molecular complexity index is 1980. The van der Waals surface area contributed by atoms with Gasteiger partial charge >= 0.3 is 7.12 Å². The van der Waals surface area contributed by atoms with Gasteiger partial charge in [0.2, 0.25) is 0 Å². The van der Waals surface area contributed by atoms with Gasteiger partial charge in [0.25, 0.3) is 0 Å². The normalized spacial score (nSPS) is 14.7.